The zero-order chi connectivity index (χ0) is 12.8. The van der Waals surface area contributed by atoms with Gasteiger partial charge in [0.2, 0.25) is 0 Å². The topological polar surface area (TPSA) is 15.6 Å². The molecule has 1 aromatic rings. The van der Waals surface area contributed by atoms with Crippen molar-refractivity contribution in [1.29, 1.82) is 0 Å². The largest absolute Gasteiger partial charge is 0.321 e. The number of nitrogens with zero attached hydrogens (tertiary/aromatic N) is 2. The fourth-order valence-electron chi connectivity index (χ4n) is 3.03. The number of allylic oxidation sites excluding steroid dienone is 2. The van der Waals surface area contributed by atoms with Crippen LogP contribution in [0.2, 0.25) is 0 Å². The molecule has 98 valence electrons. The average Bonchev–Trinajstić information content (AvgIpc) is 2.97. The molecule has 0 radical (unpaired) electrons. The van der Waals surface area contributed by atoms with E-state index in [1.807, 2.05) is 23.9 Å². The first-order chi connectivity index (χ1) is 9.31. The molecule has 1 atom stereocenters. The Morgan fingerprint density at radius 3 is 2.79 bits per heavy atom. The summed E-state index contributed by atoms with van der Waals surface area (Å²) in [6.45, 7) is 0.923. The van der Waals surface area contributed by atoms with Gasteiger partial charge in [-0.25, -0.2) is 4.39 Å². The van der Waals surface area contributed by atoms with Crippen LogP contribution >= 0.6 is 11.8 Å². The molecule has 3 aliphatic rings. The zero-order valence-electron chi connectivity index (χ0n) is 10.6. The quantitative estimate of drug-likeness (QED) is 0.767. The summed E-state index contributed by atoms with van der Waals surface area (Å²) in [6, 6.07) is 6.92. The van der Waals surface area contributed by atoms with Crippen molar-refractivity contribution < 1.29 is 4.39 Å². The third-order valence-electron chi connectivity index (χ3n) is 4.04. The lowest BCUT2D eigenvalue weighted by Gasteiger charge is -2.21. The third kappa shape index (κ3) is 1.89. The van der Waals surface area contributed by atoms with E-state index >= 15 is 0 Å². The van der Waals surface area contributed by atoms with Crippen molar-refractivity contribution in [2.24, 2.45) is 4.99 Å². The Kier molecular flexibility index (Phi) is 2.65. The van der Waals surface area contributed by atoms with Crippen LogP contribution in [0.1, 0.15) is 37.3 Å². The summed E-state index contributed by atoms with van der Waals surface area (Å²) in [7, 11) is 0. The Labute approximate surface area is 116 Å². The standard InChI is InChI=1S/C15H15FN2S/c16-11-7-5-10(6-8-11)12-9-18-13-3-1-2-4-14(13)19-15(18)17-12/h5-8,12H,1-4,9H2. The number of fused-ring (bicyclic) bond motifs is 2. The molecule has 1 aromatic carbocycles. The Hall–Kier alpha value is -1.29. The van der Waals surface area contributed by atoms with Gasteiger partial charge in [0, 0.05) is 10.6 Å². The van der Waals surface area contributed by atoms with Crippen molar-refractivity contribution >= 4 is 16.9 Å². The Bertz CT molecular complexity index is 576. The molecule has 0 fully saturated rings. The summed E-state index contributed by atoms with van der Waals surface area (Å²) in [4.78, 5) is 8.73. The number of rotatable bonds is 1. The number of amidine groups is 1. The van der Waals surface area contributed by atoms with Gasteiger partial charge in [-0.3, -0.25) is 4.99 Å². The SMILES string of the molecule is Fc1ccc(C2CN3C(=N2)SC2=C3CCCC2)cc1. The molecule has 2 aliphatic heterocycles. The van der Waals surface area contributed by atoms with Gasteiger partial charge in [0.15, 0.2) is 5.17 Å². The molecule has 2 heterocycles. The smallest absolute Gasteiger partial charge is 0.168 e. The molecule has 0 amide bonds. The number of aliphatic imine (C=N–C) groups is 1. The number of hydrogen-bond donors (Lipinski definition) is 0. The van der Waals surface area contributed by atoms with Crippen LogP contribution in [0.4, 0.5) is 4.39 Å². The van der Waals surface area contributed by atoms with Crippen LogP contribution in [0.15, 0.2) is 39.9 Å². The lowest BCUT2D eigenvalue weighted by Crippen LogP contribution is -2.22. The van der Waals surface area contributed by atoms with Crippen LogP contribution in [0, 0.1) is 5.82 Å². The van der Waals surface area contributed by atoms with Gasteiger partial charge in [0.1, 0.15) is 5.82 Å². The molecule has 0 aromatic heterocycles. The predicted molar refractivity (Wildman–Crippen MR) is 76.4 cm³/mol. The van der Waals surface area contributed by atoms with E-state index in [1.54, 1.807) is 0 Å². The van der Waals surface area contributed by atoms with Gasteiger partial charge >= 0.3 is 0 Å². The minimum Gasteiger partial charge on any atom is -0.321 e. The molecule has 4 heteroatoms. The first kappa shape index (κ1) is 11.5. The van der Waals surface area contributed by atoms with E-state index in [2.05, 4.69) is 4.90 Å². The van der Waals surface area contributed by atoms with Crippen LogP contribution < -0.4 is 0 Å². The lowest BCUT2D eigenvalue weighted by molar-refractivity contribution is 0.475. The average molecular weight is 274 g/mol. The highest BCUT2D eigenvalue weighted by atomic mass is 32.2. The summed E-state index contributed by atoms with van der Waals surface area (Å²) in [5.74, 6) is -0.179. The summed E-state index contributed by atoms with van der Waals surface area (Å²) < 4.78 is 13.0. The van der Waals surface area contributed by atoms with Crippen molar-refractivity contribution in [2.75, 3.05) is 6.54 Å². The molecular weight excluding hydrogens is 259 g/mol. The van der Waals surface area contributed by atoms with Gasteiger partial charge in [0.05, 0.1) is 12.6 Å². The van der Waals surface area contributed by atoms with Crippen molar-refractivity contribution in [3.63, 3.8) is 0 Å². The molecule has 0 saturated heterocycles. The number of thioether (sulfide) groups is 1. The first-order valence-corrected chi connectivity index (χ1v) is 7.63. The molecule has 0 spiro atoms. The second-order valence-electron chi connectivity index (χ2n) is 5.27. The number of benzene rings is 1. The summed E-state index contributed by atoms with van der Waals surface area (Å²) in [5.41, 5.74) is 2.61. The van der Waals surface area contributed by atoms with Crippen LogP contribution in [-0.4, -0.2) is 16.6 Å². The molecule has 2 nitrogen and oxygen atoms in total. The van der Waals surface area contributed by atoms with E-state index < -0.39 is 0 Å². The summed E-state index contributed by atoms with van der Waals surface area (Å²) in [5, 5.41) is 1.15. The van der Waals surface area contributed by atoms with Crippen molar-refractivity contribution in [1.82, 2.24) is 4.90 Å². The maximum Gasteiger partial charge on any atom is 0.168 e. The number of halogens is 1. The highest BCUT2D eigenvalue weighted by molar-refractivity contribution is 8.17. The second-order valence-corrected chi connectivity index (χ2v) is 6.33. The third-order valence-corrected chi connectivity index (χ3v) is 5.23. The summed E-state index contributed by atoms with van der Waals surface area (Å²) >= 11 is 1.85. The fraction of sp³-hybridized carbons (Fsp3) is 0.400. The first-order valence-electron chi connectivity index (χ1n) is 6.82. The van der Waals surface area contributed by atoms with Crippen LogP contribution in [0.3, 0.4) is 0 Å². The van der Waals surface area contributed by atoms with Gasteiger partial charge in [0.25, 0.3) is 0 Å². The Morgan fingerprint density at radius 2 is 1.95 bits per heavy atom. The van der Waals surface area contributed by atoms with Gasteiger partial charge < -0.3 is 4.90 Å². The zero-order valence-corrected chi connectivity index (χ0v) is 11.4. The molecule has 1 unspecified atom stereocenters. The van der Waals surface area contributed by atoms with E-state index in [-0.39, 0.29) is 11.9 Å². The molecule has 1 aliphatic carbocycles. The van der Waals surface area contributed by atoms with E-state index in [0.29, 0.717) is 0 Å². The molecule has 0 bridgehead atoms. The maximum atomic E-state index is 13.0. The Balaban J connectivity index is 1.59. The van der Waals surface area contributed by atoms with Crippen LogP contribution in [0.5, 0.6) is 0 Å². The van der Waals surface area contributed by atoms with Crippen LogP contribution in [-0.2, 0) is 0 Å². The van der Waals surface area contributed by atoms with Gasteiger partial charge in [-0.05, 0) is 43.4 Å². The summed E-state index contributed by atoms with van der Waals surface area (Å²) in [6.07, 6.45) is 5.02. The molecule has 0 saturated carbocycles. The monoisotopic (exact) mass is 274 g/mol. The second kappa shape index (κ2) is 4.37. The predicted octanol–water partition coefficient (Wildman–Crippen LogP) is 4.07. The molecular formula is C15H15FN2S. The van der Waals surface area contributed by atoms with Gasteiger partial charge in [-0.1, -0.05) is 23.9 Å². The van der Waals surface area contributed by atoms with Gasteiger partial charge in [-0.2, -0.15) is 0 Å². The lowest BCUT2D eigenvalue weighted by atomic mass is 10.0. The molecule has 0 N–H and O–H groups in total. The normalized spacial score (nSPS) is 25.4. The van der Waals surface area contributed by atoms with E-state index in [0.717, 1.165) is 17.3 Å². The van der Waals surface area contributed by atoms with E-state index in [1.165, 1.54) is 48.4 Å². The number of hydrogen-bond acceptors (Lipinski definition) is 3. The maximum absolute atomic E-state index is 13.0. The minimum absolute atomic E-state index is 0.166. The Morgan fingerprint density at radius 1 is 1.16 bits per heavy atom. The van der Waals surface area contributed by atoms with Crippen molar-refractivity contribution in [3.8, 4) is 0 Å². The van der Waals surface area contributed by atoms with E-state index in [9.17, 15) is 4.39 Å². The fourth-order valence-corrected chi connectivity index (χ4v) is 4.31. The highest BCUT2D eigenvalue weighted by Gasteiger charge is 2.36. The van der Waals surface area contributed by atoms with E-state index in [4.69, 9.17) is 4.99 Å². The van der Waals surface area contributed by atoms with Crippen LogP contribution in [0.25, 0.3) is 0 Å². The molecule has 19 heavy (non-hydrogen) atoms. The minimum atomic E-state index is -0.179. The van der Waals surface area contributed by atoms with Crippen molar-refractivity contribution in [3.05, 3.63) is 46.2 Å². The molecule has 4 rings (SSSR count). The van der Waals surface area contributed by atoms with Crippen molar-refractivity contribution in [2.45, 2.75) is 31.7 Å². The highest BCUT2D eigenvalue weighted by Crippen LogP contribution is 2.46. The van der Waals surface area contributed by atoms with Gasteiger partial charge in [-0.15, -0.1) is 0 Å².